The van der Waals surface area contributed by atoms with Crippen molar-refractivity contribution in [3.05, 3.63) is 29.7 Å². The maximum Gasteiger partial charge on any atom is 0.228 e. The summed E-state index contributed by atoms with van der Waals surface area (Å²) < 4.78 is 10.6. The minimum Gasteiger partial charge on any atom is -0.496 e. The first kappa shape index (κ1) is 15.5. The van der Waals surface area contributed by atoms with Crippen LogP contribution in [0.1, 0.15) is 31.7 Å². The summed E-state index contributed by atoms with van der Waals surface area (Å²) in [5, 5.41) is 7.49. The maximum absolute atomic E-state index is 5.36. The Hall–Kier alpha value is -1.88. The van der Waals surface area contributed by atoms with Crippen molar-refractivity contribution in [2.45, 2.75) is 39.7 Å². The van der Waals surface area contributed by atoms with Gasteiger partial charge in [-0.1, -0.05) is 19.0 Å². The highest BCUT2D eigenvalue weighted by molar-refractivity contribution is 5.58. The van der Waals surface area contributed by atoms with Crippen molar-refractivity contribution in [3.63, 3.8) is 0 Å². The summed E-state index contributed by atoms with van der Waals surface area (Å²) >= 11 is 0. The van der Waals surface area contributed by atoms with Crippen molar-refractivity contribution in [2.24, 2.45) is 0 Å². The Labute approximate surface area is 125 Å². The molecule has 114 valence electrons. The number of nitrogens with one attached hydrogen (secondary N) is 1. The zero-order chi connectivity index (χ0) is 15.2. The monoisotopic (exact) mass is 289 g/mol. The van der Waals surface area contributed by atoms with E-state index in [4.69, 9.17) is 9.26 Å². The van der Waals surface area contributed by atoms with Crippen LogP contribution in [0.25, 0.3) is 11.4 Å². The van der Waals surface area contributed by atoms with Gasteiger partial charge in [-0.2, -0.15) is 4.98 Å². The van der Waals surface area contributed by atoms with Crippen LogP contribution in [0, 0.1) is 6.92 Å². The van der Waals surface area contributed by atoms with Gasteiger partial charge in [0.15, 0.2) is 0 Å². The number of likely N-dealkylation sites (N-methyl/N-ethyl adjacent to an activating group) is 1. The van der Waals surface area contributed by atoms with Crippen LogP contribution in [0.5, 0.6) is 5.75 Å². The Morgan fingerprint density at radius 1 is 1.33 bits per heavy atom. The summed E-state index contributed by atoms with van der Waals surface area (Å²) in [6, 6.07) is 6.26. The summed E-state index contributed by atoms with van der Waals surface area (Å²) in [5.41, 5.74) is 2.00. The molecule has 2 aromatic rings. The molecule has 0 amide bonds. The van der Waals surface area contributed by atoms with Crippen LogP contribution in [0.4, 0.5) is 0 Å². The molecule has 2 rings (SSSR count). The molecule has 0 radical (unpaired) electrons. The third kappa shape index (κ3) is 3.82. The standard InChI is InChI=1S/C16H23N3O2/c1-5-13(17-6-2)10-15-18-16(19-21-15)12-7-8-14(20-4)11(3)9-12/h7-9,13,17H,5-6,10H2,1-4H3. The van der Waals surface area contributed by atoms with Gasteiger partial charge in [-0.25, -0.2) is 0 Å². The summed E-state index contributed by atoms with van der Waals surface area (Å²) in [6.07, 6.45) is 1.79. The van der Waals surface area contributed by atoms with E-state index in [9.17, 15) is 0 Å². The van der Waals surface area contributed by atoms with Crippen LogP contribution < -0.4 is 10.1 Å². The highest BCUT2D eigenvalue weighted by atomic mass is 16.5. The Bertz CT molecular complexity index is 581. The molecule has 1 aromatic heterocycles. The fourth-order valence-electron chi connectivity index (χ4n) is 2.33. The quantitative estimate of drug-likeness (QED) is 0.849. The number of hydrogen-bond donors (Lipinski definition) is 1. The van der Waals surface area contributed by atoms with Gasteiger partial charge in [0.1, 0.15) is 5.75 Å². The molecule has 0 bridgehead atoms. The van der Waals surface area contributed by atoms with Gasteiger partial charge in [0, 0.05) is 18.0 Å². The molecule has 0 aliphatic heterocycles. The molecule has 5 heteroatoms. The average molecular weight is 289 g/mol. The molecule has 0 saturated heterocycles. The molecule has 21 heavy (non-hydrogen) atoms. The smallest absolute Gasteiger partial charge is 0.228 e. The van der Waals surface area contributed by atoms with Gasteiger partial charge in [-0.3, -0.25) is 0 Å². The topological polar surface area (TPSA) is 60.2 Å². The molecule has 0 fully saturated rings. The molecule has 1 aromatic carbocycles. The summed E-state index contributed by atoms with van der Waals surface area (Å²) in [5.74, 6) is 2.16. The minimum atomic E-state index is 0.376. The lowest BCUT2D eigenvalue weighted by Gasteiger charge is -2.12. The first-order chi connectivity index (χ1) is 10.2. The first-order valence-electron chi connectivity index (χ1n) is 7.38. The van der Waals surface area contributed by atoms with E-state index in [1.165, 1.54) is 0 Å². The fraction of sp³-hybridized carbons (Fsp3) is 0.500. The van der Waals surface area contributed by atoms with Crippen molar-refractivity contribution < 1.29 is 9.26 Å². The van der Waals surface area contributed by atoms with Gasteiger partial charge in [0.2, 0.25) is 11.7 Å². The van der Waals surface area contributed by atoms with Crippen LogP contribution in [0.3, 0.4) is 0 Å². The molecule has 1 atom stereocenters. The number of nitrogens with zero attached hydrogens (tertiary/aromatic N) is 2. The van der Waals surface area contributed by atoms with Gasteiger partial charge >= 0.3 is 0 Å². The van der Waals surface area contributed by atoms with E-state index in [1.807, 2.05) is 25.1 Å². The Morgan fingerprint density at radius 3 is 2.76 bits per heavy atom. The van der Waals surface area contributed by atoms with Gasteiger partial charge in [0.05, 0.1) is 7.11 Å². The second kappa shape index (κ2) is 7.22. The molecule has 1 N–H and O–H groups in total. The van der Waals surface area contributed by atoms with E-state index in [2.05, 4.69) is 29.3 Å². The van der Waals surface area contributed by atoms with Crippen molar-refractivity contribution in [1.29, 1.82) is 0 Å². The van der Waals surface area contributed by atoms with Crippen LogP contribution in [0.2, 0.25) is 0 Å². The van der Waals surface area contributed by atoms with Crippen molar-refractivity contribution in [3.8, 4) is 17.1 Å². The number of hydrogen-bond acceptors (Lipinski definition) is 5. The number of ether oxygens (including phenoxy) is 1. The molecular formula is C16H23N3O2. The first-order valence-corrected chi connectivity index (χ1v) is 7.38. The molecule has 1 unspecified atom stereocenters. The van der Waals surface area contributed by atoms with E-state index in [0.29, 0.717) is 17.8 Å². The van der Waals surface area contributed by atoms with Crippen molar-refractivity contribution >= 4 is 0 Å². The zero-order valence-electron chi connectivity index (χ0n) is 13.1. The minimum absolute atomic E-state index is 0.376. The van der Waals surface area contributed by atoms with Crippen LogP contribution in [-0.2, 0) is 6.42 Å². The van der Waals surface area contributed by atoms with Crippen molar-refractivity contribution in [1.82, 2.24) is 15.5 Å². The van der Waals surface area contributed by atoms with Crippen LogP contribution in [0.15, 0.2) is 22.7 Å². The van der Waals surface area contributed by atoms with E-state index in [0.717, 1.165) is 36.3 Å². The summed E-state index contributed by atoms with van der Waals surface area (Å²) in [6.45, 7) is 7.19. The second-order valence-corrected chi connectivity index (χ2v) is 5.06. The van der Waals surface area contributed by atoms with Gasteiger partial charge in [0.25, 0.3) is 0 Å². The maximum atomic E-state index is 5.36. The third-order valence-electron chi connectivity index (χ3n) is 3.53. The highest BCUT2D eigenvalue weighted by Gasteiger charge is 2.14. The molecule has 0 aliphatic rings. The normalized spacial score (nSPS) is 12.4. The fourth-order valence-corrected chi connectivity index (χ4v) is 2.33. The van der Waals surface area contributed by atoms with Crippen LogP contribution >= 0.6 is 0 Å². The Morgan fingerprint density at radius 2 is 2.14 bits per heavy atom. The highest BCUT2D eigenvalue weighted by Crippen LogP contribution is 2.24. The number of aromatic nitrogens is 2. The van der Waals surface area contributed by atoms with E-state index in [1.54, 1.807) is 7.11 Å². The van der Waals surface area contributed by atoms with E-state index < -0.39 is 0 Å². The third-order valence-corrected chi connectivity index (χ3v) is 3.53. The number of benzene rings is 1. The van der Waals surface area contributed by atoms with E-state index >= 15 is 0 Å². The second-order valence-electron chi connectivity index (χ2n) is 5.06. The van der Waals surface area contributed by atoms with Crippen LogP contribution in [-0.4, -0.2) is 29.8 Å². The lowest BCUT2D eigenvalue weighted by atomic mass is 10.1. The molecule has 1 heterocycles. The predicted octanol–water partition coefficient (Wildman–Crippen LogP) is 2.98. The predicted molar refractivity (Wildman–Crippen MR) is 82.5 cm³/mol. The Balaban J connectivity index is 2.14. The average Bonchev–Trinajstić information content (AvgIpc) is 2.95. The molecule has 0 spiro atoms. The largest absolute Gasteiger partial charge is 0.496 e. The molecule has 5 nitrogen and oxygen atoms in total. The molecular weight excluding hydrogens is 266 g/mol. The van der Waals surface area contributed by atoms with Gasteiger partial charge in [-0.05, 0) is 43.7 Å². The lowest BCUT2D eigenvalue weighted by Crippen LogP contribution is -2.30. The zero-order valence-corrected chi connectivity index (χ0v) is 13.1. The number of rotatable bonds is 7. The number of methoxy groups -OCH3 is 1. The summed E-state index contributed by atoms with van der Waals surface area (Å²) in [4.78, 5) is 4.49. The lowest BCUT2D eigenvalue weighted by molar-refractivity contribution is 0.355. The van der Waals surface area contributed by atoms with Crippen molar-refractivity contribution in [2.75, 3.05) is 13.7 Å². The number of aryl methyl sites for hydroxylation is 1. The SMILES string of the molecule is CCNC(CC)Cc1nc(-c2ccc(OC)c(C)c2)no1. The van der Waals surface area contributed by atoms with Gasteiger partial charge in [-0.15, -0.1) is 0 Å². The molecule has 0 saturated carbocycles. The summed E-state index contributed by atoms with van der Waals surface area (Å²) in [7, 11) is 1.67. The van der Waals surface area contributed by atoms with E-state index in [-0.39, 0.29) is 0 Å². The Kier molecular flexibility index (Phi) is 5.33. The van der Waals surface area contributed by atoms with Gasteiger partial charge < -0.3 is 14.6 Å². The molecule has 0 aliphatic carbocycles.